The zero-order chi connectivity index (χ0) is 37.3. The van der Waals surface area contributed by atoms with Crippen molar-refractivity contribution in [2.45, 2.75) is 0 Å². The number of nitrogens with zero attached hydrogens (tertiary/aromatic N) is 2. The van der Waals surface area contributed by atoms with E-state index < -0.39 is 0 Å². The lowest BCUT2D eigenvalue weighted by Crippen LogP contribution is -2.10. The molecule has 0 aliphatic carbocycles. The number of benzene rings is 9. The van der Waals surface area contributed by atoms with Crippen molar-refractivity contribution in [1.29, 1.82) is 0 Å². The van der Waals surface area contributed by atoms with Crippen LogP contribution in [0.25, 0.3) is 72.0 Å². The van der Waals surface area contributed by atoms with Crippen molar-refractivity contribution in [3.8, 4) is 50.2 Å². The summed E-state index contributed by atoms with van der Waals surface area (Å²) >= 11 is 0. The summed E-state index contributed by atoms with van der Waals surface area (Å²) < 4.78 is 2.44. The van der Waals surface area contributed by atoms with Crippen molar-refractivity contribution >= 4 is 38.9 Å². The van der Waals surface area contributed by atoms with Gasteiger partial charge in [0.25, 0.3) is 0 Å². The highest BCUT2D eigenvalue weighted by molar-refractivity contribution is 6.11. The summed E-state index contributed by atoms with van der Waals surface area (Å²) in [6.07, 6.45) is 0. The third kappa shape index (κ3) is 6.24. The summed E-state index contributed by atoms with van der Waals surface area (Å²) in [6, 6.07) is 83.1. The molecule has 9 aromatic carbocycles. The Balaban J connectivity index is 1.16. The van der Waals surface area contributed by atoms with Gasteiger partial charge in [0.2, 0.25) is 0 Å². The number of hydrogen-bond acceptors (Lipinski definition) is 1. The summed E-state index contributed by atoms with van der Waals surface area (Å²) in [5.74, 6) is 0. The first-order valence-electron chi connectivity index (χ1n) is 19.2. The topological polar surface area (TPSA) is 8.17 Å². The third-order valence-electron chi connectivity index (χ3n) is 10.8. The van der Waals surface area contributed by atoms with E-state index >= 15 is 0 Å². The van der Waals surface area contributed by atoms with Crippen LogP contribution in [0.4, 0.5) is 17.1 Å². The number of rotatable bonds is 8. The second kappa shape index (κ2) is 14.4. The van der Waals surface area contributed by atoms with Gasteiger partial charge in [-0.2, -0.15) is 0 Å². The van der Waals surface area contributed by atoms with Gasteiger partial charge in [0.15, 0.2) is 0 Å². The lowest BCUT2D eigenvalue weighted by atomic mass is 10.0. The molecular formula is C54H38N2. The van der Waals surface area contributed by atoms with E-state index in [1.165, 1.54) is 60.8 Å². The summed E-state index contributed by atoms with van der Waals surface area (Å²) in [5.41, 5.74) is 16.3. The molecule has 56 heavy (non-hydrogen) atoms. The van der Waals surface area contributed by atoms with Crippen molar-refractivity contribution in [3.05, 3.63) is 231 Å². The lowest BCUT2D eigenvalue weighted by Gasteiger charge is -2.26. The molecule has 0 radical (unpaired) electrons. The molecule has 0 atom stereocenters. The molecule has 0 saturated carbocycles. The molecule has 264 valence electrons. The normalized spacial score (nSPS) is 11.2. The Labute approximate surface area is 327 Å². The quantitative estimate of drug-likeness (QED) is 0.152. The van der Waals surface area contributed by atoms with E-state index in [0.717, 1.165) is 28.3 Å². The summed E-state index contributed by atoms with van der Waals surface area (Å²) in [4.78, 5) is 2.37. The highest BCUT2D eigenvalue weighted by Crippen LogP contribution is 2.41. The van der Waals surface area contributed by atoms with Crippen molar-refractivity contribution in [2.24, 2.45) is 0 Å². The maximum absolute atomic E-state index is 2.44. The van der Waals surface area contributed by atoms with Gasteiger partial charge < -0.3 is 9.47 Å². The molecule has 0 aliphatic rings. The first-order chi connectivity index (χ1) is 27.8. The largest absolute Gasteiger partial charge is 0.310 e. The standard InChI is InChI=1S/C54H38N2/c1-5-13-39(14-6-1)43-21-28-47(29-22-43)55(48-30-23-44(24-31-48)40-15-7-2-8-16-40)50-34-36-52-51-35-27-46(42-19-11-4-12-20-42)37-53(51)56(54(52)38-50)49-32-25-45(26-33-49)41-17-9-3-10-18-41/h1-38H. The zero-order valence-electron chi connectivity index (χ0n) is 30.8. The number of hydrogen-bond donors (Lipinski definition) is 0. The van der Waals surface area contributed by atoms with Crippen LogP contribution in [0.3, 0.4) is 0 Å². The highest BCUT2D eigenvalue weighted by atomic mass is 15.1. The van der Waals surface area contributed by atoms with Gasteiger partial charge in [0.1, 0.15) is 0 Å². The van der Waals surface area contributed by atoms with E-state index in [0.29, 0.717) is 0 Å². The van der Waals surface area contributed by atoms with Crippen LogP contribution in [0.15, 0.2) is 231 Å². The number of anilines is 3. The predicted molar refractivity (Wildman–Crippen MR) is 237 cm³/mol. The Morgan fingerprint density at radius 1 is 0.250 bits per heavy atom. The molecule has 10 rings (SSSR count). The fourth-order valence-electron chi connectivity index (χ4n) is 7.98. The Morgan fingerprint density at radius 3 is 1.02 bits per heavy atom. The average Bonchev–Trinajstić information content (AvgIpc) is 3.61. The van der Waals surface area contributed by atoms with Crippen molar-refractivity contribution in [2.75, 3.05) is 4.90 Å². The molecule has 2 nitrogen and oxygen atoms in total. The van der Waals surface area contributed by atoms with Gasteiger partial charge in [-0.05, 0) is 99.1 Å². The van der Waals surface area contributed by atoms with Crippen LogP contribution < -0.4 is 4.90 Å². The van der Waals surface area contributed by atoms with Crippen molar-refractivity contribution in [3.63, 3.8) is 0 Å². The Morgan fingerprint density at radius 2 is 0.571 bits per heavy atom. The molecule has 1 heterocycles. The second-order valence-corrected chi connectivity index (χ2v) is 14.2. The number of aromatic nitrogens is 1. The lowest BCUT2D eigenvalue weighted by molar-refractivity contribution is 1.18. The smallest absolute Gasteiger partial charge is 0.0561 e. The Kier molecular flexibility index (Phi) is 8.55. The molecule has 0 bridgehead atoms. The molecule has 0 N–H and O–H groups in total. The van der Waals surface area contributed by atoms with Gasteiger partial charge in [-0.25, -0.2) is 0 Å². The van der Waals surface area contributed by atoms with Crippen molar-refractivity contribution < 1.29 is 0 Å². The molecule has 0 fully saturated rings. The van der Waals surface area contributed by atoms with Crippen LogP contribution in [-0.4, -0.2) is 4.57 Å². The average molecular weight is 715 g/mol. The summed E-state index contributed by atoms with van der Waals surface area (Å²) in [5, 5.41) is 2.44. The van der Waals surface area contributed by atoms with Gasteiger partial charge in [0.05, 0.1) is 11.0 Å². The minimum atomic E-state index is 1.09. The molecule has 1 aromatic heterocycles. The maximum Gasteiger partial charge on any atom is 0.0561 e. The van der Waals surface area contributed by atoms with Gasteiger partial charge in [0, 0.05) is 33.5 Å². The second-order valence-electron chi connectivity index (χ2n) is 14.2. The predicted octanol–water partition coefficient (Wildman–Crippen LogP) is 14.9. The Bertz CT molecular complexity index is 2810. The van der Waals surface area contributed by atoms with Crippen LogP contribution in [-0.2, 0) is 0 Å². The Hall–Kier alpha value is -7.42. The molecule has 0 spiro atoms. The monoisotopic (exact) mass is 714 g/mol. The number of fused-ring (bicyclic) bond motifs is 3. The zero-order valence-corrected chi connectivity index (χ0v) is 30.8. The molecule has 0 saturated heterocycles. The molecule has 0 unspecified atom stereocenters. The van der Waals surface area contributed by atoms with Gasteiger partial charge in [-0.1, -0.05) is 176 Å². The minimum absolute atomic E-state index is 1.09. The van der Waals surface area contributed by atoms with Crippen molar-refractivity contribution in [1.82, 2.24) is 4.57 Å². The molecular weight excluding hydrogens is 677 g/mol. The van der Waals surface area contributed by atoms with Crippen LogP contribution in [0.2, 0.25) is 0 Å². The van der Waals surface area contributed by atoms with Gasteiger partial charge in [-0.15, -0.1) is 0 Å². The third-order valence-corrected chi connectivity index (χ3v) is 10.8. The highest BCUT2D eigenvalue weighted by Gasteiger charge is 2.19. The fourth-order valence-corrected chi connectivity index (χ4v) is 7.98. The van der Waals surface area contributed by atoms with Gasteiger partial charge in [-0.3, -0.25) is 0 Å². The van der Waals surface area contributed by atoms with E-state index in [1.807, 2.05) is 0 Å². The van der Waals surface area contributed by atoms with E-state index in [2.05, 4.69) is 240 Å². The first-order valence-corrected chi connectivity index (χ1v) is 19.2. The molecule has 2 heteroatoms. The maximum atomic E-state index is 2.44. The van der Waals surface area contributed by atoms with Crippen LogP contribution in [0.1, 0.15) is 0 Å². The van der Waals surface area contributed by atoms with Crippen LogP contribution in [0, 0.1) is 0 Å². The van der Waals surface area contributed by atoms with E-state index in [-0.39, 0.29) is 0 Å². The SMILES string of the molecule is c1ccc(-c2ccc(N(c3ccc(-c4ccccc4)cc3)c3ccc4c5ccc(-c6ccccc6)cc5n(-c5ccc(-c6ccccc6)cc5)c4c3)cc2)cc1. The molecule has 0 amide bonds. The van der Waals surface area contributed by atoms with Crippen LogP contribution >= 0.6 is 0 Å². The van der Waals surface area contributed by atoms with E-state index in [4.69, 9.17) is 0 Å². The fraction of sp³-hybridized carbons (Fsp3) is 0. The van der Waals surface area contributed by atoms with E-state index in [1.54, 1.807) is 0 Å². The summed E-state index contributed by atoms with van der Waals surface area (Å²) in [7, 11) is 0. The minimum Gasteiger partial charge on any atom is -0.310 e. The summed E-state index contributed by atoms with van der Waals surface area (Å²) in [6.45, 7) is 0. The molecule has 0 aliphatic heterocycles. The van der Waals surface area contributed by atoms with Gasteiger partial charge >= 0.3 is 0 Å². The van der Waals surface area contributed by atoms with E-state index in [9.17, 15) is 0 Å². The molecule has 10 aromatic rings. The van der Waals surface area contributed by atoms with Crippen LogP contribution in [0.5, 0.6) is 0 Å². The first kappa shape index (κ1) is 33.2.